The van der Waals surface area contributed by atoms with Gasteiger partial charge in [0, 0.05) is 11.8 Å². The molecule has 2 aromatic heterocycles. The van der Waals surface area contributed by atoms with Crippen molar-refractivity contribution in [2.75, 3.05) is 0 Å². The van der Waals surface area contributed by atoms with Crippen LogP contribution >= 0.6 is 22.9 Å². The Morgan fingerprint density at radius 3 is 2.45 bits per heavy atom. The first kappa shape index (κ1) is 13.4. The van der Waals surface area contributed by atoms with Crippen LogP contribution in [-0.2, 0) is 10.0 Å². The lowest BCUT2D eigenvalue weighted by molar-refractivity contribution is 0.582. The third-order valence-electron chi connectivity index (χ3n) is 2.68. The van der Waals surface area contributed by atoms with Gasteiger partial charge in [-0.2, -0.15) is 17.6 Å². The summed E-state index contributed by atoms with van der Waals surface area (Å²) in [4.78, 5) is 0. The Morgan fingerprint density at radius 1 is 1.05 bits per heavy atom. The van der Waals surface area contributed by atoms with Gasteiger partial charge in [0.15, 0.2) is 0 Å². The van der Waals surface area contributed by atoms with Crippen LogP contribution in [0.3, 0.4) is 0 Å². The third kappa shape index (κ3) is 2.37. The van der Waals surface area contributed by atoms with E-state index in [9.17, 15) is 8.42 Å². The second kappa shape index (κ2) is 5.05. The molecular weight excluding hydrogens is 316 g/mol. The van der Waals surface area contributed by atoms with Crippen molar-refractivity contribution in [3.8, 4) is 11.3 Å². The maximum Gasteiger partial charge on any atom is 0.292 e. The van der Waals surface area contributed by atoms with E-state index in [0.29, 0.717) is 10.0 Å². The summed E-state index contributed by atoms with van der Waals surface area (Å²) in [7, 11) is -3.67. The van der Waals surface area contributed by atoms with Crippen LogP contribution in [0.4, 0.5) is 0 Å². The maximum absolute atomic E-state index is 12.3. The first-order chi connectivity index (χ1) is 9.57. The first-order valence-corrected chi connectivity index (χ1v) is 8.33. The molecule has 0 saturated heterocycles. The van der Waals surface area contributed by atoms with Crippen molar-refractivity contribution < 1.29 is 8.42 Å². The Hall–Kier alpha value is -1.63. The van der Waals surface area contributed by atoms with Gasteiger partial charge in [-0.15, -0.1) is 11.3 Å². The number of aromatic nitrogens is 2. The minimum absolute atomic E-state index is 0.171. The molecule has 0 unspecified atom stereocenters. The van der Waals surface area contributed by atoms with Gasteiger partial charge in [0.1, 0.15) is 4.21 Å². The summed E-state index contributed by atoms with van der Waals surface area (Å²) < 4.78 is 26.3. The molecule has 0 aliphatic carbocycles. The average molecular weight is 325 g/mol. The molecule has 0 N–H and O–H groups in total. The van der Waals surface area contributed by atoms with Crippen LogP contribution < -0.4 is 0 Å². The number of thiophene rings is 1. The van der Waals surface area contributed by atoms with E-state index in [1.165, 1.54) is 12.3 Å². The molecule has 0 aliphatic heterocycles. The fourth-order valence-corrected chi connectivity index (χ4v) is 4.41. The molecule has 1 aromatic carbocycles. The highest BCUT2D eigenvalue weighted by Gasteiger charge is 2.20. The largest absolute Gasteiger partial charge is 0.292 e. The van der Waals surface area contributed by atoms with E-state index in [2.05, 4.69) is 5.10 Å². The minimum atomic E-state index is -3.67. The van der Waals surface area contributed by atoms with Gasteiger partial charge in [0.2, 0.25) is 0 Å². The van der Waals surface area contributed by atoms with E-state index in [1.807, 2.05) is 30.3 Å². The molecule has 0 bridgehead atoms. The molecule has 3 rings (SSSR count). The zero-order valence-electron chi connectivity index (χ0n) is 10.1. The normalized spacial score (nSPS) is 11.7. The summed E-state index contributed by atoms with van der Waals surface area (Å²) in [5.74, 6) is 0. The van der Waals surface area contributed by atoms with Gasteiger partial charge in [-0.3, -0.25) is 0 Å². The van der Waals surface area contributed by atoms with Crippen molar-refractivity contribution in [3.05, 3.63) is 59.1 Å². The van der Waals surface area contributed by atoms with Crippen molar-refractivity contribution in [2.45, 2.75) is 4.21 Å². The number of rotatable bonds is 3. The predicted molar refractivity (Wildman–Crippen MR) is 79.6 cm³/mol. The molecule has 102 valence electrons. The average Bonchev–Trinajstić information content (AvgIpc) is 3.09. The van der Waals surface area contributed by atoms with Crippen molar-refractivity contribution in [3.63, 3.8) is 0 Å². The monoisotopic (exact) mass is 324 g/mol. The second-order valence-corrected chi connectivity index (χ2v) is 7.74. The van der Waals surface area contributed by atoms with Crippen LogP contribution in [0.1, 0.15) is 0 Å². The Kier molecular flexibility index (Phi) is 3.37. The number of nitrogens with zero attached hydrogens (tertiary/aromatic N) is 2. The van der Waals surface area contributed by atoms with E-state index < -0.39 is 10.0 Å². The van der Waals surface area contributed by atoms with Crippen LogP contribution in [0.2, 0.25) is 4.34 Å². The molecule has 0 saturated carbocycles. The Balaban J connectivity index is 2.02. The van der Waals surface area contributed by atoms with E-state index >= 15 is 0 Å². The fraction of sp³-hybridized carbons (Fsp3) is 0. The maximum atomic E-state index is 12.3. The van der Waals surface area contributed by atoms with Crippen molar-refractivity contribution >= 4 is 33.0 Å². The molecular formula is C13H9ClN2O2S2. The van der Waals surface area contributed by atoms with Gasteiger partial charge in [0.25, 0.3) is 10.0 Å². The van der Waals surface area contributed by atoms with E-state index in [0.717, 1.165) is 21.0 Å². The van der Waals surface area contributed by atoms with Crippen LogP contribution in [0.15, 0.2) is 58.9 Å². The standard InChI is InChI=1S/C13H9ClN2O2S2/c14-12-6-7-13(19-12)20(17,18)16-9-8-11(15-16)10-4-2-1-3-5-10/h1-9H. The number of hydrogen-bond donors (Lipinski definition) is 0. The molecule has 20 heavy (non-hydrogen) atoms. The lowest BCUT2D eigenvalue weighted by Gasteiger charge is -2.00. The summed E-state index contributed by atoms with van der Waals surface area (Å²) in [6, 6.07) is 14.1. The summed E-state index contributed by atoms with van der Waals surface area (Å²) in [6.07, 6.45) is 1.44. The number of benzene rings is 1. The Labute approximate surface area is 125 Å². The number of halogens is 1. The molecule has 2 heterocycles. The third-order valence-corrected chi connectivity index (χ3v) is 5.93. The summed E-state index contributed by atoms with van der Waals surface area (Å²) in [5.41, 5.74) is 1.47. The van der Waals surface area contributed by atoms with Gasteiger partial charge in [-0.1, -0.05) is 41.9 Å². The van der Waals surface area contributed by atoms with E-state index in [4.69, 9.17) is 11.6 Å². The van der Waals surface area contributed by atoms with Gasteiger partial charge in [-0.05, 0) is 18.2 Å². The van der Waals surface area contributed by atoms with Gasteiger partial charge < -0.3 is 0 Å². The summed E-state index contributed by atoms with van der Waals surface area (Å²) >= 11 is 6.79. The number of hydrogen-bond acceptors (Lipinski definition) is 4. The molecule has 0 atom stereocenters. The molecule has 0 amide bonds. The van der Waals surface area contributed by atoms with Crippen LogP contribution in [0, 0.1) is 0 Å². The zero-order valence-corrected chi connectivity index (χ0v) is 12.5. The quantitative estimate of drug-likeness (QED) is 0.741. The van der Waals surface area contributed by atoms with Crippen LogP contribution in [0.5, 0.6) is 0 Å². The summed E-state index contributed by atoms with van der Waals surface area (Å²) in [6.45, 7) is 0. The van der Waals surface area contributed by atoms with E-state index in [-0.39, 0.29) is 4.21 Å². The molecule has 4 nitrogen and oxygen atoms in total. The molecule has 7 heteroatoms. The highest BCUT2D eigenvalue weighted by Crippen LogP contribution is 2.27. The SMILES string of the molecule is O=S(=O)(c1ccc(Cl)s1)n1ccc(-c2ccccc2)n1. The molecule has 3 aromatic rings. The molecule has 0 aliphatic rings. The van der Waals surface area contributed by atoms with Crippen molar-refractivity contribution in [2.24, 2.45) is 0 Å². The van der Waals surface area contributed by atoms with Crippen molar-refractivity contribution in [1.82, 2.24) is 9.19 Å². The highest BCUT2D eigenvalue weighted by molar-refractivity contribution is 7.92. The second-order valence-electron chi connectivity index (χ2n) is 4.00. The Morgan fingerprint density at radius 2 is 1.80 bits per heavy atom. The zero-order chi connectivity index (χ0) is 14.2. The van der Waals surface area contributed by atoms with Crippen molar-refractivity contribution in [1.29, 1.82) is 0 Å². The Bertz CT molecular complexity index is 838. The summed E-state index contributed by atoms with van der Waals surface area (Å²) in [5, 5.41) is 4.13. The minimum Gasteiger partial charge on any atom is -0.198 e. The van der Waals surface area contributed by atoms with Gasteiger partial charge >= 0.3 is 0 Å². The topological polar surface area (TPSA) is 52.0 Å². The lowest BCUT2D eigenvalue weighted by atomic mass is 10.2. The molecule has 0 fully saturated rings. The fourth-order valence-electron chi connectivity index (χ4n) is 1.73. The highest BCUT2D eigenvalue weighted by atomic mass is 35.5. The predicted octanol–water partition coefficient (Wildman–Crippen LogP) is 3.50. The smallest absolute Gasteiger partial charge is 0.198 e. The van der Waals surface area contributed by atoms with Gasteiger partial charge in [0.05, 0.1) is 10.0 Å². The molecule has 0 radical (unpaired) electrons. The van der Waals surface area contributed by atoms with E-state index in [1.54, 1.807) is 12.1 Å². The molecule has 0 spiro atoms. The van der Waals surface area contributed by atoms with Crippen LogP contribution in [0.25, 0.3) is 11.3 Å². The lowest BCUT2D eigenvalue weighted by Crippen LogP contribution is -2.12. The first-order valence-electron chi connectivity index (χ1n) is 5.69. The van der Waals surface area contributed by atoms with Gasteiger partial charge in [-0.25, -0.2) is 0 Å². The van der Waals surface area contributed by atoms with Crippen LogP contribution in [-0.4, -0.2) is 17.6 Å².